The van der Waals surface area contributed by atoms with Gasteiger partial charge in [0.05, 0.1) is 0 Å². The molecule has 1 unspecified atom stereocenters. The number of aliphatic carboxylic acids is 1. The van der Waals surface area contributed by atoms with Gasteiger partial charge in [-0.1, -0.05) is 78.9 Å². The summed E-state index contributed by atoms with van der Waals surface area (Å²) in [7, 11) is 0. The maximum Gasteiger partial charge on any atom is 0.407 e. The Bertz CT molecular complexity index is 1210. The standard InChI is InChI=1S/C28H26N2O5/c31-26(29-25(27(32)33)17-8-2-1-3-9-17)24(18-14-15-18)30-28(34)35-16-23-21-12-6-4-10-19(21)20-11-5-7-13-22(20)23/h1-13,18,23-25H,14-16H2,(H,29,31)(H,30,34)(H,32,33)/t24?,25-/m1/s1. The second-order valence-corrected chi connectivity index (χ2v) is 8.98. The first kappa shape index (κ1) is 22.7. The number of carboxylic acids is 1. The van der Waals surface area contributed by atoms with E-state index in [2.05, 4.69) is 22.8 Å². The number of ether oxygens (including phenoxy) is 1. The summed E-state index contributed by atoms with van der Waals surface area (Å²) in [5.41, 5.74) is 4.93. The first-order chi connectivity index (χ1) is 17.0. The molecule has 1 fully saturated rings. The Balaban J connectivity index is 1.25. The average molecular weight is 471 g/mol. The first-order valence-electron chi connectivity index (χ1n) is 11.7. The monoisotopic (exact) mass is 470 g/mol. The summed E-state index contributed by atoms with van der Waals surface area (Å²) in [5, 5.41) is 14.9. The van der Waals surface area contributed by atoms with Crippen LogP contribution in [0.4, 0.5) is 4.79 Å². The fourth-order valence-electron chi connectivity index (χ4n) is 4.76. The van der Waals surface area contributed by atoms with Crippen molar-refractivity contribution in [2.45, 2.75) is 30.8 Å². The Morgan fingerprint density at radius 1 is 0.829 bits per heavy atom. The van der Waals surface area contributed by atoms with Gasteiger partial charge in [-0.25, -0.2) is 9.59 Å². The van der Waals surface area contributed by atoms with E-state index >= 15 is 0 Å². The number of carbonyl (C=O) groups is 3. The third-order valence-electron chi connectivity index (χ3n) is 6.66. The average Bonchev–Trinajstić information content (AvgIpc) is 3.67. The largest absolute Gasteiger partial charge is 0.479 e. The number of alkyl carbamates (subject to hydrolysis) is 1. The Hall–Kier alpha value is -4.13. The number of carboxylic acid groups (broad SMARTS) is 1. The first-order valence-corrected chi connectivity index (χ1v) is 11.7. The minimum Gasteiger partial charge on any atom is -0.479 e. The topological polar surface area (TPSA) is 105 Å². The normalized spacial score (nSPS) is 15.9. The molecular weight excluding hydrogens is 444 g/mol. The predicted octanol–water partition coefficient (Wildman–Crippen LogP) is 4.25. The molecule has 0 aromatic heterocycles. The number of rotatable bonds is 8. The van der Waals surface area contributed by atoms with Crippen LogP contribution in [-0.2, 0) is 14.3 Å². The van der Waals surface area contributed by atoms with E-state index in [0.717, 1.165) is 35.1 Å². The molecule has 2 aliphatic carbocycles. The van der Waals surface area contributed by atoms with E-state index in [1.807, 2.05) is 36.4 Å². The van der Waals surface area contributed by atoms with E-state index < -0.39 is 30.1 Å². The van der Waals surface area contributed by atoms with E-state index in [1.54, 1.807) is 30.3 Å². The fourth-order valence-corrected chi connectivity index (χ4v) is 4.76. The third-order valence-corrected chi connectivity index (χ3v) is 6.66. The molecule has 178 valence electrons. The van der Waals surface area contributed by atoms with Crippen LogP contribution in [0.2, 0.25) is 0 Å². The number of amides is 2. The molecule has 0 radical (unpaired) electrons. The highest BCUT2D eigenvalue weighted by Gasteiger charge is 2.39. The number of fused-ring (bicyclic) bond motifs is 3. The van der Waals surface area contributed by atoms with Gasteiger partial charge in [-0.3, -0.25) is 4.79 Å². The minimum absolute atomic E-state index is 0.0410. The van der Waals surface area contributed by atoms with Gasteiger partial charge in [-0.05, 0) is 46.6 Å². The lowest BCUT2D eigenvalue weighted by molar-refractivity contribution is -0.142. The smallest absolute Gasteiger partial charge is 0.407 e. The second-order valence-electron chi connectivity index (χ2n) is 8.98. The van der Waals surface area contributed by atoms with Crippen LogP contribution in [0, 0.1) is 5.92 Å². The zero-order valence-corrected chi connectivity index (χ0v) is 19.0. The van der Waals surface area contributed by atoms with Crippen molar-refractivity contribution in [1.82, 2.24) is 10.6 Å². The Morgan fingerprint density at radius 3 is 1.97 bits per heavy atom. The Labute approximate surface area is 203 Å². The number of nitrogens with one attached hydrogen (secondary N) is 2. The molecule has 3 aromatic carbocycles. The molecule has 35 heavy (non-hydrogen) atoms. The van der Waals surface area contributed by atoms with Crippen LogP contribution in [0.25, 0.3) is 11.1 Å². The summed E-state index contributed by atoms with van der Waals surface area (Å²) in [4.78, 5) is 37.5. The van der Waals surface area contributed by atoms with Crippen LogP contribution in [0.15, 0.2) is 78.9 Å². The predicted molar refractivity (Wildman–Crippen MR) is 130 cm³/mol. The van der Waals surface area contributed by atoms with Crippen LogP contribution < -0.4 is 10.6 Å². The molecule has 0 saturated heterocycles. The molecule has 0 bridgehead atoms. The lowest BCUT2D eigenvalue weighted by atomic mass is 9.98. The summed E-state index contributed by atoms with van der Waals surface area (Å²) < 4.78 is 5.59. The van der Waals surface area contributed by atoms with Crippen molar-refractivity contribution >= 4 is 18.0 Å². The summed E-state index contributed by atoms with van der Waals surface area (Å²) in [6, 6.07) is 22.6. The van der Waals surface area contributed by atoms with E-state index in [9.17, 15) is 19.5 Å². The van der Waals surface area contributed by atoms with Crippen molar-refractivity contribution in [1.29, 1.82) is 0 Å². The molecule has 0 heterocycles. The maximum absolute atomic E-state index is 13.0. The number of hydrogen-bond acceptors (Lipinski definition) is 4. The zero-order chi connectivity index (χ0) is 24.4. The Kier molecular flexibility index (Phi) is 6.23. The summed E-state index contributed by atoms with van der Waals surface area (Å²) >= 11 is 0. The highest BCUT2D eigenvalue weighted by atomic mass is 16.5. The van der Waals surface area contributed by atoms with Gasteiger partial charge in [-0.15, -0.1) is 0 Å². The van der Waals surface area contributed by atoms with E-state index in [-0.39, 0.29) is 18.4 Å². The van der Waals surface area contributed by atoms with Gasteiger partial charge < -0.3 is 20.5 Å². The van der Waals surface area contributed by atoms with E-state index in [1.165, 1.54) is 0 Å². The lowest BCUT2D eigenvalue weighted by Crippen LogP contribution is -2.50. The van der Waals surface area contributed by atoms with Gasteiger partial charge in [0, 0.05) is 5.92 Å². The number of carbonyl (C=O) groups excluding carboxylic acids is 2. The van der Waals surface area contributed by atoms with Crippen LogP contribution in [0.3, 0.4) is 0 Å². The lowest BCUT2D eigenvalue weighted by Gasteiger charge is -2.22. The van der Waals surface area contributed by atoms with Gasteiger partial charge in [0.25, 0.3) is 0 Å². The van der Waals surface area contributed by atoms with Crippen LogP contribution >= 0.6 is 0 Å². The molecule has 7 nitrogen and oxygen atoms in total. The maximum atomic E-state index is 13.0. The number of benzene rings is 3. The van der Waals surface area contributed by atoms with Crippen molar-refractivity contribution in [2.75, 3.05) is 6.61 Å². The van der Waals surface area contributed by atoms with Gasteiger partial charge in [0.1, 0.15) is 12.6 Å². The van der Waals surface area contributed by atoms with Gasteiger partial charge in [0.15, 0.2) is 6.04 Å². The molecule has 0 spiro atoms. The molecule has 1 saturated carbocycles. The molecule has 3 N–H and O–H groups in total. The Morgan fingerprint density at radius 2 is 1.40 bits per heavy atom. The fraction of sp³-hybridized carbons (Fsp3) is 0.250. The van der Waals surface area contributed by atoms with Crippen LogP contribution in [0.5, 0.6) is 0 Å². The van der Waals surface area contributed by atoms with Crippen LogP contribution in [0.1, 0.15) is 41.5 Å². The van der Waals surface area contributed by atoms with Crippen molar-refractivity contribution in [3.05, 3.63) is 95.6 Å². The molecule has 0 aliphatic heterocycles. The summed E-state index contributed by atoms with van der Waals surface area (Å²) in [6.07, 6.45) is 0.876. The highest BCUT2D eigenvalue weighted by molar-refractivity contribution is 5.90. The third kappa shape index (κ3) is 4.75. The van der Waals surface area contributed by atoms with E-state index in [0.29, 0.717) is 5.56 Å². The molecule has 2 aliphatic rings. The summed E-state index contributed by atoms with van der Waals surface area (Å²) in [6.45, 7) is 0.140. The SMILES string of the molecule is O=C(NC(C(=O)N[C@@H](C(=O)O)c1ccccc1)C1CC1)OCC1c2ccccc2-c2ccccc21. The van der Waals surface area contributed by atoms with Crippen molar-refractivity contribution in [3.8, 4) is 11.1 Å². The van der Waals surface area contributed by atoms with Gasteiger partial charge >= 0.3 is 12.1 Å². The van der Waals surface area contributed by atoms with Gasteiger partial charge in [0.2, 0.25) is 5.91 Å². The molecule has 5 rings (SSSR count). The minimum atomic E-state index is -1.20. The van der Waals surface area contributed by atoms with Crippen molar-refractivity contribution in [2.24, 2.45) is 5.92 Å². The molecule has 2 atom stereocenters. The van der Waals surface area contributed by atoms with E-state index in [4.69, 9.17) is 4.74 Å². The van der Waals surface area contributed by atoms with Gasteiger partial charge in [-0.2, -0.15) is 0 Å². The molecule has 2 amide bonds. The molecule has 7 heteroatoms. The van der Waals surface area contributed by atoms with Crippen molar-refractivity contribution in [3.63, 3.8) is 0 Å². The highest BCUT2D eigenvalue weighted by Crippen LogP contribution is 2.44. The molecule has 3 aromatic rings. The second kappa shape index (κ2) is 9.62. The van der Waals surface area contributed by atoms with Crippen LogP contribution in [-0.4, -0.2) is 35.7 Å². The molecular formula is C28H26N2O5. The zero-order valence-electron chi connectivity index (χ0n) is 19.0. The quantitative estimate of drug-likeness (QED) is 0.457. The number of hydrogen-bond donors (Lipinski definition) is 3. The summed E-state index contributed by atoms with van der Waals surface area (Å²) in [5.74, 6) is -1.82. The van der Waals surface area contributed by atoms with Crippen molar-refractivity contribution < 1.29 is 24.2 Å².